The molecule has 2 aromatic carbocycles. The zero-order valence-electron chi connectivity index (χ0n) is 16.4. The highest BCUT2D eigenvalue weighted by Crippen LogP contribution is 2.31. The summed E-state index contributed by atoms with van der Waals surface area (Å²) >= 11 is 13.8. The summed E-state index contributed by atoms with van der Waals surface area (Å²) < 4.78 is 7.65. The number of thioether (sulfide) groups is 1. The van der Waals surface area contributed by atoms with E-state index in [1.54, 1.807) is 28.6 Å². The van der Waals surface area contributed by atoms with Gasteiger partial charge in [0.25, 0.3) is 0 Å². The fourth-order valence-corrected chi connectivity index (χ4v) is 4.21. The molecule has 0 spiro atoms. The topological polar surface area (TPSA) is 68.8 Å². The molecule has 6 nitrogen and oxygen atoms in total. The maximum Gasteiger partial charge on any atom is 0.214 e. The molecular formula is C21H20Cl3N5OS. The molecule has 0 aliphatic heterocycles. The van der Waals surface area contributed by atoms with Crippen LogP contribution in [0.4, 0.5) is 0 Å². The third kappa shape index (κ3) is 6.24. The van der Waals surface area contributed by atoms with E-state index in [0.717, 1.165) is 46.6 Å². The lowest BCUT2D eigenvalue weighted by Gasteiger charge is -2.05. The van der Waals surface area contributed by atoms with E-state index < -0.39 is 0 Å². The van der Waals surface area contributed by atoms with Crippen LogP contribution in [0.15, 0.2) is 70.2 Å². The van der Waals surface area contributed by atoms with Crippen molar-refractivity contribution in [3.05, 3.63) is 76.5 Å². The van der Waals surface area contributed by atoms with Gasteiger partial charge in [0.05, 0.1) is 17.3 Å². The molecule has 0 aliphatic carbocycles. The van der Waals surface area contributed by atoms with Crippen molar-refractivity contribution in [3.8, 4) is 17.0 Å². The number of hydrogen-bond acceptors (Lipinski definition) is 6. The third-order valence-electron chi connectivity index (χ3n) is 4.33. The quantitative estimate of drug-likeness (QED) is 0.229. The van der Waals surface area contributed by atoms with E-state index in [0.29, 0.717) is 16.6 Å². The van der Waals surface area contributed by atoms with Crippen molar-refractivity contribution >= 4 is 47.4 Å². The van der Waals surface area contributed by atoms with Gasteiger partial charge in [0.1, 0.15) is 11.5 Å². The molecule has 2 aromatic heterocycles. The van der Waals surface area contributed by atoms with E-state index in [1.807, 2.05) is 48.5 Å². The number of tetrazole rings is 1. The Morgan fingerprint density at radius 2 is 1.87 bits per heavy atom. The van der Waals surface area contributed by atoms with E-state index >= 15 is 0 Å². The van der Waals surface area contributed by atoms with E-state index in [9.17, 15) is 0 Å². The molecule has 0 amide bonds. The van der Waals surface area contributed by atoms with Gasteiger partial charge in [0.15, 0.2) is 0 Å². The number of halogens is 3. The number of rotatable bonds is 9. The van der Waals surface area contributed by atoms with Gasteiger partial charge in [0.2, 0.25) is 5.16 Å². The molecule has 162 valence electrons. The predicted octanol–water partition coefficient (Wildman–Crippen LogP) is 5.92. The Bertz CT molecular complexity index is 1100. The van der Waals surface area contributed by atoms with Crippen LogP contribution in [0.25, 0.3) is 17.0 Å². The molecule has 2 heterocycles. The maximum atomic E-state index is 6.25. The van der Waals surface area contributed by atoms with Crippen LogP contribution in [0, 0.1) is 0 Å². The van der Waals surface area contributed by atoms with Crippen molar-refractivity contribution in [2.45, 2.75) is 18.1 Å². The largest absolute Gasteiger partial charge is 0.460 e. The Kier molecular flexibility index (Phi) is 8.80. The second kappa shape index (κ2) is 11.5. The molecular weight excluding hydrogens is 477 g/mol. The van der Waals surface area contributed by atoms with Crippen LogP contribution in [0.2, 0.25) is 10.0 Å². The van der Waals surface area contributed by atoms with Gasteiger partial charge in [-0.1, -0.05) is 53.2 Å². The predicted molar refractivity (Wildman–Crippen MR) is 128 cm³/mol. The Morgan fingerprint density at radius 3 is 2.68 bits per heavy atom. The van der Waals surface area contributed by atoms with Gasteiger partial charge >= 0.3 is 0 Å². The van der Waals surface area contributed by atoms with Crippen LogP contribution in [0.3, 0.4) is 0 Å². The van der Waals surface area contributed by atoms with Crippen molar-refractivity contribution in [3.63, 3.8) is 0 Å². The van der Waals surface area contributed by atoms with Crippen LogP contribution in [-0.4, -0.2) is 32.5 Å². The summed E-state index contributed by atoms with van der Waals surface area (Å²) in [7, 11) is 0. The fraction of sp³-hybridized carbons (Fsp3) is 0.190. The molecule has 4 aromatic rings. The van der Waals surface area contributed by atoms with Gasteiger partial charge in [-0.25, -0.2) is 0 Å². The van der Waals surface area contributed by atoms with Gasteiger partial charge in [-0.05, 0) is 65.9 Å². The maximum absolute atomic E-state index is 6.25. The van der Waals surface area contributed by atoms with E-state index in [-0.39, 0.29) is 12.4 Å². The summed E-state index contributed by atoms with van der Waals surface area (Å²) in [5.74, 6) is 2.50. The van der Waals surface area contributed by atoms with E-state index in [1.165, 1.54) is 0 Å². The normalized spacial score (nSPS) is 10.8. The lowest BCUT2D eigenvalue weighted by molar-refractivity contribution is 0.494. The van der Waals surface area contributed by atoms with Gasteiger partial charge in [-0.15, -0.1) is 17.5 Å². The third-order valence-corrected chi connectivity index (χ3v) is 5.88. The highest BCUT2D eigenvalue weighted by atomic mass is 35.5. The van der Waals surface area contributed by atoms with Gasteiger partial charge in [-0.3, -0.25) is 0 Å². The van der Waals surface area contributed by atoms with Gasteiger partial charge in [0, 0.05) is 16.3 Å². The summed E-state index contributed by atoms with van der Waals surface area (Å²) in [6.07, 6.45) is 0.975. The van der Waals surface area contributed by atoms with Crippen LogP contribution < -0.4 is 5.32 Å². The average Bonchev–Trinajstić information content (AvgIpc) is 3.41. The number of para-hydroxylation sites is 1. The highest BCUT2D eigenvalue weighted by Gasteiger charge is 2.10. The molecule has 0 radical (unpaired) electrons. The molecule has 0 saturated heterocycles. The Hall–Kier alpha value is -2.03. The first kappa shape index (κ1) is 23.6. The zero-order chi connectivity index (χ0) is 20.8. The highest BCUT2D eigenvalue weighted by molar-refractivity contribution is 7.99. The molecule has 0 unspecified atom stereocenters. The summed E-state index contributed by atoms with van der Waals surface area (Å²) in [6.45, 7) is 1.51. The van der Waals surface area contributed by atoms with Crippen LogP contribution in [0.1, 0.15) is 12.2 Å². The van der Waals surface area contributed by atoms with E-state index in [4.69, 9.17) is 27.6 Å². The number of aromatic nitrogens is 4. The molecule has 0 atom stereocenters. The smallest absolute Gasteiger partial charge is 0.214 e. The first-order chi connectivity index (χ1) is 14.7. The van der Waals surface area contributed by atoms with Crippen molar-refractivity contribution in [2.24, 2.45) is 0 Å². The summed E-state index contributed by atoms with van der Waals surface area (Å²) in [6, 6.07) is 19.1. The molecule has 4 rings (SSSR count). The molecule has 1 N–H and O–H groups in total. The molecule has 0 saturated carbocycles. The first-order valence-corrected chi connectivity index (χ1v) is 11.2. The number of furan rings is 1. The van der Waals surface area contributed by atoms with E-state index in [2.05, 4.69) is 20.8 Å². The molecule has 0 bridgehead atoms. The van der Waals surface area contributed by atoms with Crippen LogP contribution in [0.5, 0.6) is 0 Å². The minimum absolute atomic E-state index is 0. The van der Waals surface area contributed by atoms with Crippen molar-refractivity contribution < 1.29 is 4.42 Å². The lowest BCUT2D eigenvalue weighted by Crippen LogP contribution is -2.14. The monoisotopic (exact) mass is 495 g/mol. The summed E-state index contributed by atoms with van der Waals surface area (Å²) in [5.41, 5.74) is 1.79. The van der Waals surface area contributed by atoms with Crippen LogP contribution in [-0.2, 0) is 6.54 Å². The summed E-state index contributed by atoms with van der Waals surface area (Å²) in [5, 5.41) is 17.3. The Labute approximate surface area is 200 Å². The number of benzene rings is 2. The van der Waals surface area contributed by atoms with Crippen molar-refractivity contribution in [1.29, 1.82) is 0 Å². The first-order valence-electron chi connectivity index (χ1n) is 9.42. The standard InChI is InChI=1S/C21H19Cl2N5OS.ClH/c22-15-7-9-18(19(23)13-15)20-10-8-17(29-20)14-24-11-4-12-30-21-25-26-27-28(21)16-5-2-1-3-6-16;/h1-3,5-10,13,24H,4,11-12,14H2;1H. The van der Waals surface area contributed by atoms with Crippen molar-refractivity contribution in [1.82, 2.24) is 25.5 Å². The molecule has 31 heavy (non-hydrogen) atoms. The Balaban J connectivity index is 0.00000272. The zero-order valence-corrected chi connectivity index (χ0v) is 19.5. The second-order valence-electron chi connectivity index (χ2n) is 6.48. The molecule has 10 heteroatoms. The molecule has 0 fully saturated rings. The minimum atomic E-state index is 0. The Morgan fingerprint density at radius 1 is 1.03 bits per heavy atom. The summed E-state index contributed by atoms with van der Waals surface area (Å²) in [4.78, 5) is 0. The fourth-order valence-electron chi connectivity index (χ4n) is 2.88. The minimum Gasteiger partial charge on any atom is -0.460 e. The number of hydrogen-bond donors (Lipinski definition) is 1. The SMILES string of the molecule is Cl.Clc1ccc(-c2ccc(CNCCCSc3nnnn3-c3ccccc3)o2)c(Cl)c1. The lowest BCUT2D eigenvalue weighted by atomic mass is 10.2. The van der Waals surface area contributed by atoms with Crippen molar-refractivity contribution in [2.75, 3.05) is 12.3 Å². The number of nitrogens with one attached hydrogen (secondary N) is 1. The number of nitrogens with zero attached hydrogens (tertiary/aromatic N) is 4. The van der Waals surface area contributed by atoms with Gasteiger partial charge in [-0.2, -0.15) is 4.68 Å². The molecule has 0 aliphatic rings. The second-order valence-corrected chi connectivity index (χ2v) is 8.38. The van der Waals surface area contributed by atoms with Crippen LogP contribution >= 0.6 is 47.4 Å². The van der Waals surface area contributed by atoms with Gasteiger partial charge < -0.3 is 9.73 Å². The average molecular weight is 497 g/mol.